The molecule has 2 aromatic rings. The highest BCUT2D eigenvalue weighted by molar-refractivity contribution is 5.13. The summed E-state index contributed by atoms with van der Waals surface area (Å²) in [6, 6.07) is 5.91. The van der Waals surface area contributed by atoms with Gasteiger partial charge in [0, 0.05) is 36.3 Å². The number of aryl methyl sites for hydroxylation is 2. The van der Waals surface area contributed by atoms with Gasteiger partial charge in [-0.05, 0) is 31.0 Å². The Balaban J connectivity index is 0.000000293. The first-order chi connectivity index (χ1) is 11.9. The lowest BCUT2D eigenvalue weighted by Crippen LogP contribution is -2.03. The highest BCUT2D eigenvalue weighted by Gasteiger charge is 2.05. The fourth-order valence-corrected chi connectivity index (χ4v) is 2.02. The van der Waals surface area contributed by atoms with Crippen molar-refractivity contribution in [2.24, 2.45) is 5.73 Å². The van der Waals surface area contributed by atoms with E-state index in [0.29, 0.717) is 18.4 Å². The topological polar surface area (TPSA) is 77.6 Å². The Labute approximate surface area is 151 Å². The van der Waals surface area contributed by atoms with Crippen LogP contribution in [0.3, 0.4) is 0 Å². The molecule has 0 saturated carbocycles. The molecule has 0 aliphatic carbocycles. The van der Waals surface area contributed by atoms with Crippen LogP contribution in [0.25, 0.3) is 0 Å². The molecule has 0 atom stereocenters. The minimum Gasteiger partial charge on any atom is -0.320 e. The molecule has 0 radical (unpaired) electrons. The van der Waals surface area contributed by atoms with Crippen LogP contribution in [0.4, 0.5) is 0 Å². The molecule has 0 bridgehead atoms. The third-order valence-electron chi connectivity index (χ3n) is 3.36. The third kappa shape index (κ3) is 8.37. The van der Waals surface area contributed by atoms with E-state index in [1.54, 1.807) is 6.20 Å². The van der Waals surface area contributed by atoms with E-state index >= 15 is 0 Å². The highest BCUT2D eigenvalue weighted by Crippen LogP contribution is 2.11. The molecule has 0 fully saturated rings. The summed E-state index contributed by atoms with van der Waals surface area (Å²) in [5, 5.41) is 7.68. The lowest BCUT2D eigenvalue weighted by atomic mass is 10.1. The molecule has 134 valence electrons. The number of hydrogen-bond donors (Lipinski definition) is 1. The summed E-state index contributed by atoms with van der Waals surface area (Å²) < 4.78 is 0. The predicted molar refractivity (Wildman–Crippen MR) is 102 cm³/mol. The lowest BCUT2D eigenvalue weighted by Gasteiger charge is -2.07. The molecule has 25 heavy (non-hydrogen) atoms. The Hall–Kier alpha value is -2.32. The van der Waals surface area contributed by atoms with Crippen LogP contribution in [0.5, 0.6) is 0 Å². The molecule has 0 aliphatic rings. The van der Waals surface area contributed by atoms with Gasteiger partial charge in [-0.15, -0.1) is 5.92 Å². The number of nitrogens with zero attached hydrogens (tertiary/aromatic N) is 4. The van der Waals surface area contributed by atoms with Crippen molar-refractivity contribution in [3.8, 4) is 11.8 Å². The summed E-state index contributed by atoms with van der Waals surface area (Å²) >= 11 is 0. The van der Waals surface area contributed by atoms with Crippen LogP contribution in [0.15, 0.2) is 24.4 Å². The van der Waals surface area contributed by atoms with Crippen LogP contribution in [0.2, 0.25) is 0 Å². The third-order valence-corrected chi connectivity index (χ3v) is 3.36. The normalized spacial score (nSPS) is 10.1. The zero-order valence-corrected chi connectivity index (χ0v) is 16.0. The maximum absolute atomic E-state index is 5.30. The van der Waals surface area contributed by atoms with E-state index in [-0.39, 0.29) is 0 Å². The van der Waals surface area contributed by atoms with E-state index in [0.717, 1.165) is 35.7 Å². The summed E-state index contributed by atoms with van der Waals surface area (Å²) in [6.07, 6.45) is 3.37. The second-order valence-electron chi connectivity index (χ2n) is 6.37. The second kappa shape index (κ2) is 11.3. The minimum absolute atomic E-state index is 0.369. The summed E-state index contributed by atoms with van der Waals surface area (Å²) in [5.74, 6) is 7.64. The number of aromatic nitrogens is 4. The molecule has 0 saturated heterocycles. The van der Waals surface area contributed by atoms with Crippen molar-refractivity contribution in [2.75, 3.05) is 6.54 Å². The van der Waals surface area contributed by atoms with Gasteiger partial charge in [0.15, 0.2) is 0 Å². The highest BCUT2D eigenvalue weighted by atomic mass is 15.1. The van der Waals surface area contributed by atoms with Gasteiger partial charge in [0.05, 0.1) is 12.2 Å². The molecule has 0 aliphatic heterocycles. The largest absolute Gasteiger partial charge is 0.320 e. The van der Waals surface area contributed by atoms with Crippen LogP contribution < -0.4 is 5.73 Å². The zero-order chi connectivity index (χ0) is 18.7. The van der Waals surface area contributed by atoms with Crippen LogP contribution in [-0.2, 0) is 6.42 Å². The first kappa shape index (κ1) is 20.7. The van der Waals surface area contributed by atoms with Crippen LogP contribution in [0.1, 0.15) is 68.9 Å². The summed E-state index contributed by atoms with van der Waals surface area (Å²) in [6.45, 7) is 10.8. The first-order valence-electron chi connectivity index (χ1n) is 8.71. The fraction of sp³-hybridized carbons (Fsp3) is 0.500. The second-order valence-corrected chi connectivity index (χ2v) is 6.37. The smallest absolute Gasteiger partial charge is 0.131 e. The molecule has 0 aromatic carbocycles. The van der Waals surface area contributed by atoms with Crippen molar-refractivity contribution in [1.29, 1.82) is 0 Å². The summed E-state index contributed by atoms with van der Waals surface area (Å²) in [5.41, 5.74) is 8.45. The van der Waals surface area contributed by atoms with Gasteiger partial charge < -0.3 is 5.73 Å². The van der Waals surface area contributed by atoms with E-state index in [4.69, 9.17) is 5.73 Å². The minimum atomic E-state index is 0.369. The van der Waals surface area contributed by atoms with Gasteiger partial charge in [0.25, 0.3) is 0 Å². The van der Waals surface area contributed by atoms with Crippen LogP contribution >= 0.6 is 0 Å². The van der Waals surface area contributed by atoms with Crippen molar-refractivity contribution in [3.05, 3.63) is 47.3 Å². The molecule has 2 heterocycles. The summed E-state index contributed by atoms with van der Waals surface area (Å²) in [7, 11) is 0. The van der Waals surface area contributed by atoms with E-state index in [1.165, 1.54) is 0 Å². The molecule has 2 rings (SSSR count). The molecule has 0 unspecified atom stereocenters. The molecule has 2 aromatic heterocycles. The maximum Gasteiger partial charge on any atom is 0.131 e. The maximum atomic E-state index is 5.30. The van der Waals surface area contributed by atoms with Crippen molar-refractivity contribution >= 4 is 0 Å². The average molecular weight is 339 g/mol. The van der Waals surface area contributed by atoms with E-state index in [1.807, 2.05) is 25.1 Å². The molecular weight excluding hydrogens is 310 g/mol. The lowest BCUT2D eigenvalue weighted by molar-refractivity contribution is 0.746. The Bertz CT molecular complexity index is 684. The van der Waals surface area contributed by atoms with Gasteiger partial charge >= 0.3 is 0 Å². The van der Waals surface area contributed by atoms with Crippen molar-refractivity contribution < 1.29 is 0 Å². The quantitative estimate of drug-likeness (QED) is 0.864. The van der Waals surface area contributed by atoms with Crippen molar-refractivity contribution in [1.82, 2.24) is 20.2 Å². The molecule has 5 heteroatoms. The summed E-state index contributed by atoms with van der Waals surface area (Å²) in [4.78, 5) is 8.93. The molecule has 2 N–H and O–H groups in total. The standard InChI is InChI=1S/C13H19N3.C7H10N2/c1-10(2)13-15-11(3)9-12(16-13)7-5-4-6-8-14;1-6(2)7-4-3-5-8-9-7/h9-10H,5,7-8,14H2,1-3H3;3-6H,1-2H3. The van der Waals surface area contributed by atoms with Gasteiger partial charge in [-0.2, -0.15) is 10.2 Å². The van der Waals surface area contributed by atoms with Gasteiger partial charge in [0.1, 0.15) is 5.82 Å². The van der Waals surface area contributed by atoms with Gasteiger partial charge in [-0.3, -0.25) is 0 Å². The van der Waals surface area contributed by atoms with E-state index in [9.17, 15) is 0 Å². The van der Waals surface area contributed by atoms with Gasteiger partial charge in [0.2, 0.25) is 0 Å². The van der Waals surface area contributed by atoms with Gasteiger partial charge in [-0.1, -0.05) is 33.6 Å². The van der Waals surface area contributed by atoms with Crippen LogP contribution in [0, 0.1) is 18.8 Å². The zero-order valence-electron chi connectivity index (χ0n) is 16.0. The number of hydrogen-bond acceptors (Lipinski definition) is 5. The molecule has 0 amide bonds. The average Bonchev–Trinajstić information content (AvgIpc) is 2.59. The predicted octanol–water partition coefficient (Wildman–Crippen LogP) is 3.40. The monoisotopic (exact) mass is 339 g/mol. The first-order valence-corrected chi connectivity index (χ1v) is 8.71. The Morgan fingerprint density at radius 2 is 1.84 bits per heavy atom. The molecular formula is C20H29N5. The Morgan fingerprint density at radius 3 is 2.36 bits per heavy atom. The van der Waals surface area contributed by atoms with E-state index < -0.39 is 0 Å². The number of nitrogens with two attached hydrogens (primary N) is 1. The van der Waals surface area contributed by atoms with Crippen molar-refractivity contribution in [2.45, 2.75) is 59.3 Å². The molecule has 5 nitrogen and oxygen atoms in total. The number of rotatable bonds is 4. The van der Waals surface area contributed by atoms with E-state index in [2.05, 4.69) is 59.7 Å². The van der Waals surface area contributed by atoms with Crippen LogP contribution in [-0.4, -0.2) is 26.7 Å². The molecule has 0 spiro atoms. The SMILES string of the molecule is CC(C)c1cccnn1.Cc1cc(CCC#CCN)nc(C(C)C)n1. The Kier molecular flexibility index (Phi) is 9.34. The van der Waals surface area contributed by atoms with Gasteiger partial charge in [-0.25, -0.2) is 9.97 Å². The fourth-order valence-electron chi connectivity index (χ4n) is 2.02. The Morgan fingerprint density at radius 1 is 1.08 bits per heavy atom. The van der Waals surface area contributed by atoms with Crippen molar-refractivity contribution in [3.63, 3.8) is 0 Å².